The summed E-state index contributed by atoms with van der Waals surface area (Å²) in [6.45, 7) is 3.54. The molecule has 0 unspecified atom stereocenters. The number of anilines is 1. The Morgan fingerprint density at radius 2 is 2.06 bits per heavy atom. The number of halogens is 1. The van der Waals surface area contributed by atoms with Gasteiger partial charge in [-0.2, -0.15) is 0 Å². The maximum Gasteiger partial charge on any atom is 0.220 e. The lowest BCUT2D eigenvalue weighted by Gasteiger charge is -2.40. The molecule has 31 heavy (non-hydrogen) atoms. The van der Waals surface area contributed by atoms with Gasteiger partial charge in [0.15, 0.2) is 5.65 Å². The molecule has 2 aliphatic rings. The van der Waals surface area contributed by atoms with Gasteiger partial charge >= 0.3 is 0 Å². The highest BCUT2D eigenvalue weighted by Crippen LogP contribution is 2.48. The number of rotatable bonds is 5. The lowest BCUT2D eigenvalue weighted by atomic mass is 9.85. The fourth-order valence-electron chi connectivity index (χ4n) is 4.50. The molecule has 2 aromatic heterocycles. The van der Waals surface area contributed by atoms with Crippen LogP contribution in [0.3, 0.4) is 0 Å². The number of fused-ring (bicyclic) bond motifs is 1. The average Bonchev–Trinajstić information content (AvgIpc) is 3.49. The Bertz CT molecular complexity index is 1120. The number of carbonyl (C=O) groups excluding carboxylic acids is 1. The van der Waals surface area contributed by atoms with Crippen molar-refractivity contribution >= 4 is 22.9 Å². The van der Waals surface area contributed by atoms with E-state index in [1.807, 2.05) is 18.2 Å². The molecule has 160 valence electrons. The Hall–Kier alpha value is -3.09. The summed E-state index contributed by atoms with van der Waals surface area (Å²) in [6.07, 6.45) is 6.84. The summed E-state index contributed by atoms with van der Waals surface area (Å²) in [5.74, 6) is 0.707. The first-order valence-corrected chi connectivity index (χ1v) is 10.9. The first-order valence-electron chi connectivity index (χ1n) is 10.9. The van der Waals surface area contributed by atoms with Gasteiger partial charge in [0.05, 0.1) is 6.04 Å². The molecule has 3 heterocycles. The number of hydrogen-bond acceptors (Lipinski definition) is 5. The van der Waals surface area contributed by atoms with Gasteiger partial charge in [0, 0.05) is 37.8 Å². The summed E-state index contributed by atoms with van der Waals surface area (Å²) < 4.78 is 13.9. The minimum absolute atomic E-state index is 0.0585. The molecule has 0 radical (unpaired) electrons. The van der Waals surface area contributed by atoms with E-state index in [-0.39, 0.29) is 29.1 Å². The summed E-state index contributed by atoms with van der Waals surface area (Å²) >= 11 is 0. The molecule has 2 atom stereocenters. The molecule has 3 aromatic rings. The molecule has 0 spiro atoms. The topological polar surface area (TPSA) is 71.0 Å². The molecular formula is C24H26FN5O. The van der Waals surface area contributed by atoms with Gasteiger partial charge in [-0.3, -0.25) is 9.78 Å². The Balaban J connectivity index is 1.39. The number of benzene rings is 1. The summed E-state index contributed by atoms with van der Waals surface area (Å²) in [4.78, 5) is 28.2. The summed E-state index contributed by atoms with van der Waals surface area (Å²) in [5.41, 5.74) is 2.43. The summed E-state index contributed by atoms with van der Waals surface area (Å²) in [5, 5.41) is 3.26. The highest BCUT2D eigenvalue weighted by Gasteiger charge is 2.40. The van der Waals surface area contributed by atoms with Gasteiger partial charge in [-0.25, -0.2) is 14.4 Å². The van der Waals surface area contributed by atoms with E-state index in [0.29, 0.717) is 18.6 Å². The highest BCUT2D eigenvalue weighted by molar-refractivity contribution is 5.78. The summed E-state index contributed by atoms with van der Waals surface area (Å²) in [6, 6.07) is 10.5. The van der Waals surface area contributed by atoms with Crippen LogP contribution in [0.5, 0.6) is 0 Å². The Morgan fingerprint density at radius 3 is 2.87 bits per heavy atom. The molecule has 1 saturated heterocycles. The predicted octanol–water partition coefficient (Wildman–Crippen LogP) is 3.83. The number of nitrogens with one attached hydrogen (secondary N) is 1. The molecule has 1 N–H and O–H groups in total. The van der Waals surface area contributed by atoms with E-state index in [1.165, 1.54) is 6.07 Å². The van der Waals surface area contributed by atoms with Crippen LogP contribution < -0.4 is 10.2 Å². The van der Waals surface area contributed by atoms with Crippen LogP contribution in [0.25, 0.3) is 11.2 Å². The van der Waals surface area contributed by atoms with Crippen molar-refractivity contribution in [1.82, 2.24) is 20.3 Å². The number of pyridine rings is 1. The standard InChI is InChI=1S/C24H26FN5O/c1-24(8-9-24)14-22(31)28-20-15-30(12-7-18(20)16-3-2-4-17(25)13-16)21-6-5-19-23(29-21)27-11-10-26-19/h2-6,10-11,13,18,20H,7-9,12,14-15H2,1H3,(H,28,31)/t18-,20-/m1/s1. The van der Waals surface area contributed by atoms with Crippen molar-refractivity contribution in [1.29, 1.82) is 0 Å². The number of aromatic nitrogens is 3. The van der Waals surface area contributed by atoms with E-state index in [0.717, 1.165) is 42.7 Å². The van der Waals surface area contributed by atoms with Gasteiger partial charge in [0.1, 0.15) is 17.2 Å². The first-order chi connectivity index (χ1) is 15.0. The number of hydrogen-bond donors (Lipinski definition) is 1. The maximum absolute atomic E-state index is 13.9. The van der Waals surface area contributed by atoms with Crippen LogP contribution >= 0.6 is 0 Å². The van der Waals surface area contributed by atoms with Crippen molar-refractivity contribution in [3.8, 4) is 0 Å². The third-order valence-electron chi connectivity index (χ3n) is 6.57. The smallest absolute Gasteiger partial charge is 0.220 e. The zero-order valence-corrected chi connectivity index (χ0v) is 17.6. The van der Waals surface area contributed by atoms with Crippen molar-refractivity contribution in [2.75, 3.05) is 18.0 Å². The monoisotopic (exact) mass is 419 g/mol. The zero-order valence-electron chi connectivity index (χ0n) is 17.6. The van der Waals surface area contributed by atoms with E-state index >= 15 is 0 Å². The van der Waals surface area contributed by atoms with Crippen LogP contribution in [-0.4, -0.2) is 40.0 Å². The van der Waals surface area contributed by atoms with Crippen LogP contribution in [0.2, 0.25) is 0 Å². The molecule has 1 amide bonds. The second-order valence-corrected chi connectivity index (χ2v) is 9.13. The van der Waals surface area contributed by atoms with Crippen LogP contribution in [0.1, 0.15) is 44.1 Å². The molecule has 0 bridgehead atoms. The Morgan fingerprint density at radius 1 is 1.23 bits per heavy atom. The molecule has 1 aliphatic carbocycles. The largest absolute Gasteiger partial charge is 0.354 e. The minimum Gasteiger partial charge on any atom is -0.354 e. The van der Waals surface area contributed by atoms with E-state index in [4.69, 9.17) is 0 Å². The normalized spacial score (nSPS) is 22.3. The Labute approximate surface area is 180 Å². The van der Waals surface area contributed by atoms with Crippen molar-refractivity contribution in [2.45, 2.75) is 44.6 Å². The fraction of sp³-hybridized carbons (Fsp3) is 0.417. The van der Waals surface area contributed by atoms with Gasteiger partial charge in [-0.05, 0) is 54.5 Å². The van der Waals surface area contributed by atoms with Crippen molar-refractivity contribution < 1.29 is 9.18 Å². The number of nitrogens with zero attached hydrogens (tertiary/aromatic N) is 4. The second-order valence-electron chi connectivity index (χ2n) is 9.13. The van der Waals surface area contributed by atoms with E-state index in [9.17, 15) is 9.18 Å². The lowest BCUT2D eigenvalue weighted by molar-refractivity contribution is -0.123. The van der Waals surface area contributed by atoms with Crippen molar-refractivity contribution in [3.05, 3.63) is 60.2 Å². The van der Waals surface area contributed by atoms with Gasteiger partial charge in [-0.15, -0.1) is 0 Å². The molecule has 1 aromatic carbocycles. The van der Waals surface area contributed by atoms with Crippen LogP contribution in [0.4, 0.5) is 10.2 Å². The highest BCUT2D eigenvalue weighted by atomic mass is 19.1. The molecular weight excluding hydrogens is 393 g/mol. The molecule has 6 nitrogen and oxygen atoms in total. The third-order valence-corrected chi connectivity index (χ3v) is 6.57. The number of amides is 1. The fourth-order valence-corrected chi connectivity index (χ4v) is 4.50. The molecule has 7 heteroatoms. The lowest BCUT2D eigenvalue weighted by Crippen LogP contribution is -2.52. The minimum atomic E-state index is -0.245. The van der Waals surface area contributed by atoms with Gasteiger partial charge in [0.25, 0.3) is 0 Å². The molecule has 2 fully saturated rings. The van der Waals surface area contributed by atoms with Crippen LogP contribution in [0, 0.1) is 11.2 Å². The van der Waals surface area contributed by atoms with Crippen LogP contribution in [-0.2, 0) is 4.79 Å². The first kappa shape index (κ1) is 19.8. The van der Waals surface area contributed by atoms with Gasteiger partial charge < -0.3 is 10.2 Å². The summed E-state index contributed by atoms with van der Waals surface area (Å²) in [7, 11) is 0. The third kappa shape index (κ3) is 4.36. The predicted molar refractivity (Wildman–Crippen MR) is 117 cm³/mol. The number of carbonyl (C=O) groups is 1. The average molecular weight is 420 g/mol. The van der Waals surface area contributed by atoms with Crippen molar-refractivity contribution in [2.24, 2.45) is 5.41 Å². The van der Waals surface area contributed by atoms with Gasteiger partial charge in [-0.1, -0.05) is 19.1 Å². The van der Waals surface area contributed by atoms with Crippen LogP contribution in [0.15, 0.2) is 48.8 Å². The van der Waals surface area contributed by atoms with Gasteiger partial charge in [0.2, 0.25) is 5.91 Å². The molecule has 1 aliphatic heterocycles. The Kier molecular flexibility index (Phi) is 5.04. The van der Waals surface area contributed by atoms with E-state index < -0.39 is 0 Å². The quantitative estimate of drug-likeness (QED) is 0.681. The zero-order chi connectivity index (χ0) is 21.4. The maximum atomic E-state index is 13.9. The van der Waals surface area contributed by atoms with Crippen molar-refractivity contribution in [3.63, 3.8) is 0 Å². The number of piperidine rings is 1. The van der Waals surface area contributed by atoms with E-state index in [1.54, 1.807) is 24.5 Å². The molecule has 5 rings (SSSR count). The van der Waals surface area contributed by atoms with E-state index in [2.05, 4.69) is 32.1 Å². The molecule has 1 saturated carbocycles. The SMILES string of the molecule is CC1(CC(=O)N[C@@H]2CN(c3ccc4nccnc4n3)CC[C@@H]2c2cccc(F)c2)CC1. The second kappa shape index (κ2) is 7.87.